The molecule has 0 spiro atoms. The van der Waals surface area contributed by atoms with Gasteiger partial charge in [0.05, 0.1) is 0 Å². The molecule has 1 aromatic heterocycles. The first-order valence-electron chi connectivity index (χ1n) is 19.5. The van der Waals surface area contributed by atoms with Crippen molar-refractivity contribution in [1.29, 1.82) is 0 Å². The van der Waals surface area contributed by atoms with Crippen LogP contribution >= 0.6 is 11.3 Å². The van der Waals surface area contributed by atoms with Crippen molar-refractivity contribution >= 4 is 63.8 Å². The molecule has 260 valence electrons. The Balaban J connectivity index is 1.07. The van der Waals surface area contributed by atoms with E-state index in [1.54, 1.807) is 0 Å². The van der Waals surface area contributed by atoms with Gasteiger partial charge in [0.1, 0.15) is 0 Å². The fourth-order valence-electron chi connectivity index (χ4n) is 10.5. The molecule has 0 nitrogen and oxygen atoms in total. The Morgan fingerprint density at radius 3 is 1.58 bits per heavy atom. The van der Waals surface area contributed by atoms with Crippen molar-refractivity contribution in [1.82, 2.24) is 0 Å². The monoisotopic (exact) mass is 718 g/mol. The summed E-state index contributed by atoms with van der Waals surface area (Å²) in [6, 6.07) is 60.1. The fourth-order valence-corrected chi connectivity index (χ4v) is 11.7. The van der Waals surface area contributed by atoms with Crippen LogP contribution < -0.4 is 0 Å². The van der Waals surface area contributed by atoms with Crippen molar-refractivity contribution in [2.24, 2.45) is 0 Å². The summed E-state index contributed by atoms with van der Waals surface area (Å²) in [5.41, 5.74) is 16.1. The van der Waals surface area contributed by atoms with Gasteiger partial charge in [-0.25, -0.2) is 0 Å². The van der Waals surface area contributed by atoms with Gasteiger partial charge in [-0.1, -0.05) is 155 Å². The number of hydrogen-bond acceptors (Lipinski definition) is 1. The molecule has 0 radical (unpaired) electrons. The molecule has 0 fully saturated rings. The Hall–Kier alpha value is -6.02. The Morgan fingerprint density at radius 1 is 0.345 bits per heavy atom. The van der Waals surface area contributed by atoms with Crippen LogP contribution in [0, 0.1) is 0 Å². The fraction of sp³-hybridized carbons (Fsp3) is 0.111. The molecule has 0 unspecified atom stereocenters. The highest BCUT2D eigenvalue weighted by Crippen LogP contribution is 2.54. The minimum Gasteiger partial charge on any atom is -0.135 e. The normalized spacial score (nSPS) is 14.8. The zero-order chi connectivity index (χ0) is 36.8. The van der Waals surface area contributed by atoms with Crippen LogP contribution in [-0.4, -0.2) is 0 Å². The lowest BCUT2D eigenvalue weighted by atomic mass is 9.80. The number of fused-ring (bicyclic) bond motifs is 13. The highest BCUT2D eigenvalue weighted by molar-refractivity contribution is 7.26. The Morgan fingerprint density at radius 2 is 0.873 bits per heavy atom. The van der Waals surface area contributed by atoms with E-state index in [1.165, 1.54) is 119 Å². The molecule has 12 rings (SSSR count). The summed E-state index contributed by atoms with van der Waals surface area (Å²) in [5, 5.41) is 10.6. The minimum atomic E-state index is -0.106. The minimum absolute atomic E-state index is 0.0584. The lowest BCUT2D eigenvalue weighted by Crippen LogP contribution is -2.14. The average molecular weight is 719 g/mol. The van der Waals surface area contributed by atoms with E-state index >= 15 is 0 Å². The maximum Gasteiger partial charge on any atom is 0.0433 e. The predicted molar refractivity (Wildman–Crippen MR) is 238 cm³/mol. The lowest BCUT2D eigenvalue weighted by Gasteiger charge is -2.23. The van der Waals surface area contributed by atoms with E-state index in [4.69, 9.17) is 0 Å². The molecule has 2 aliphatic carbocycles. The van der Waals surface area contributed by atoms with Crippen LogP contribution in [-0.2, 0) is 10.8 Å². The molecule has 9 aromatic carbocycles. The molecular formula is C54H38S. The summed E-state index contributed by atoms with van der Waals surface area (Å²) in [4.78, 5) is 0. The Kier molecular flexibility index (Phi) is 6.16. The average Bonchev–Trinajstić information content (AvgIpc) is 3.78. The van der Waals surface area contributed by atoms with Gasteiger partial charge in [-0.3, -0.25) is 0 Å². The second-order valence-corrected chi connectivity index (χ2v) is 17.9. The van der Waals surface area contributed by atoms with Gasteiger partial charge in [0.2, 0.25) is 0 Å². The molecule has 0 bridgehead atoms. The summed E-state index contributed by atoms with van der Waals surface area (Å²) in [6.45, 7) is 9.57. The first-order valence-corrected chi connectivity index (χ1v) is 20.3. The quantitative estimate of drug-likeness (QED) is 0.156. The van der Waals surface area contributed by atoms with Gasteiger partial charge >= 0.3 is 0 Å². The molecule has 0 N–H and O–H groups in total. The van der Waals surface area contributed by atoms with Crippen LogP contribution in [0.1, 0.15) is 49.9 Å². The van der Waals surface area contributed by atoms with Crippen LogP contribution in [0.5, 0.6) is 0 Å². The molecule has 2 aliphatic rings. The third-order valence-corrected chi connectivity index (χ3v) is 14.5. The molecule has 55 heavy (non-hydrogen) atoms. The topological polar surface area (TPSA) is 0 Å². The third kappa shape index (κ3) is 4.12. The number of rotatable bonds is 2. The molecule has 1 heterocycles. The Bertz CT molecular complexity index is 3260. The van der Waals surface area contributed by atoms with E-state index in [1.807, 2.05) is 11.3 Å². The van der Waals surface area contributed by atoms with Crippen molar-refractivity contribution in [3.63, 3.8) is 0 Å². The zero-order valence-electron chi connectivity index (χ0n) is 31.4. The molecule has 10 aromatic rings. The van der Waals surface area contributed by atoms with Crippen molar-refractivity contribution in [2.45, 2.75) is 38.5 Å². The van der Waals surface area contributed by atoms with Crippen LogP contribution in [0.2, 0.25) is 0 Å². The summed E-state index contributed by atoms with van der Waals surface area (Å²) in [7, 11) is 0. The SMILES string of the molecule is CC1(C)c2ccccc2-c2ccc(-c3c4ccccc4c(-c4ccc5c(c4)-c4cc6ccc7c8ccccc8sc7c6cc4C5(C)C)c4ccccc34)cc21. The number of benzene rings is 9. The van der Waals surface area contributed by atoms with Crippen molar-refractivity contribution in [3.8, 4) is 44.5 Å². The third-order valence-electron chi connectivity index (χ3n) is 13.2. The standard InChI is InChI=1S/C54H38S/c1-53(2)45-19-11-9-13-34(45)35-24-22-33(29-47(35)53)51-39-17-7-5-15-37(39)50(38-16-6-8-18-40(38)51)32-23-26-46-43(28-32)44-27-31-21-25-41-36-14-10-12-20-49(36)55-52(41)42(31)30-48(44)54(46,3)4/h5-30H,1-4H3. The van der Waals surface area contributed by atoms with E-state index in [2.05, 4.69) is 185 Å². The first kappa shape index (κ1) is 31.3. The molecule has 0 saturated heterocycles. The molecular weight excluding hydrogens is 681 g/mol. The van der Waals surface area contributed by atoms with E-state index in [0.717, 1.165) is 0 Å². The van der Waals surface area contributed by atoms with E-state index < -0.39 is 0 Å². The highest BCUT2D eigenvalue weighted by Gasteiger charge is 2.37. The largest absolute Gasteiger partial charge is 0.135 e. The van der Waals surface area contributed by atoms with Gasteiger partial charge in [-0.05, 0) is 129 Å². The second kappa shape index (κ2) is 10.8. The van der Waals surface area contributed by atoms with Gasteiger partial charge in [-0.15, -0.1) is 11.3 Å². The molecule has 1 heteroatoms. The van der Waals surface area contributed by atoms with Crippen molar-refractivity contribution < 1.29 is 0 Å². The van der Waals surface area contributed by atoms with Gasteiger partial charge in [0, 0.05) is 31.0 Å². The van der Waals surface area contributed by atoms with E-state index in [-0.39, 0.29) is 10.8 Å². The molecule has 0 saturated carbocycles. The number of hydrogen-bond donors (Lipinski definition) is 0. The maximum absolute atomic E-state index is 2.51. The van der Waals surface area contributed by atoms with Gasteiger partial charge in [0.15, 0.2) is 0 Å². The molecule has 0 aliphatic heterocycles. The smallest absolute Gasteiger partial charge is 0.0433 e. The van der Waals surface area contributed by atoms with Gasteiger partial charge in [0.25, 0.3) is 0 Å². The van der Waals surface area contributed by atoms with Crippen LogP contribution in [0.4, 0.5) is 0 Å². The van der Waals surface area contributed by atoms with Crippen LogP contribution in [0.15, 0.2) is 158 Å². The maximum atomic E-state index is 2.51. The predicted octanol–water partition coefficient (Wildman–Crippen LogP) is 15.5. The van der Waals surface area contributed by atoms with Crippen LogP contribution in [0.3, 0.4) is 0 Å². The van der Waals surface area contributed by atoms with E-state index in [9.17, 15) is 0 Å². The first-order chi connectivity index (χ1) is 26.8. The molecule has 0 atom stereocenters. The highest BCUT2D eigenvalue weighted by atomic mass is 32.1. The van der Waals surface area contributed by atoms with Crippen molar-refractivity contribution in [3.05, 3.63) is 180 Å². The summed E-state index contributed by atoms with van der Waals surface area (Å²) in [6.07, 6.45) is 0. The summed E-state index contributed by atoms with van der Waals surface area (Å²) in [5.74, 6) is 0. The zero-order valence-corrected chi connectivity index (χ0v) is 32.2. The Labute approximate surface area is 325 Å². The van der Waals surface area contributed by atoms with E-state index in [0.29, 0.717) is 0 Å². The summed E-state index contributed by atoms with van der Waals surface area (Å²) < 4.78 is 2.75. The lowest BCUT2D eigenvalue weighted by molar-refractivity contribution is 0.660. The van der Waals surface area contributed by atoms with Gasteiger partial charge in [-0.2, -0.15) is 0 Å². The van der Waals surface area contributed by atoms with Gasteiger partial charge < -0.3 is 0 Å². The second-order valence-electron chi connectivity index (χ2n) is 16.8. The number of thiophene rings is 1. The van der Waals surface area contributed by atoms with Crippen molar-refractivity contribution in [2.75, 3.05) is 0 Å². The summed E-state index contributed by atoms with van der Waals surface area (Å²) >= 11 is 1.92. The molecule has 0 amide bonds. The van der Waals surface area contributed by atoms with Crippen LogP contribution in [0.25, 0.3) is 97.0 Å².